The molecular weight excluding hydrogens is 332 g/mol. The van der Waals surface area contributed by atoms with Crippen molar-refractivity contribution in [2.75, 3.05) is 19.5 Å². The summed E-state index contributed by atoms with van der Waals surface area (Å²) >= 11 is 0. The van der Waals surface area contributed by atoms with Gasteiger partial charge in [0.2, 0.25) is 0 Å². The van der Waals surface area contributed by atoms with Crippen molar-refractivity contribution in [3.05, 3.63) is 35.9 Å². The monoisotopic (exact) mass is 352 g/mol. The first-order valence-electron chi connectivity index (χ1n) is 6.55. The van der Waals surface area contributed by atoms with Crippen LogP contribution < -0.4 is 0 Å². The molecule has 22 heavy (non-hydrogen) atoms. The van der Waals surface area contributed by atoms with Gasteiger partial charge >= 0.3 is 0 Å². The molecule has 7 nitrogen and oxygen atoms in total. The molecule has 0 amide bonds. The number of hydrogen-bond acceptors (Lipinski definition) is 7. The molecule has 1 aromatic carbocycles. The quantitative estimate of drug-likeness (QED) is 0.490. The van der Waals surface area contributed by atoms with E-state index in [-0.39, 0.29) is 13.2 Å². The van der Waals surface area contributed by atoms with E-state index in [1.807, 2.05) is 30.3 Å². The van der Waals surface area contributed by atoms with E-state index >= 15 is 0 Å². The zero-order valence-corrected chi connectivity index (χ0v) is 14.1. The summed E-state index contributed by atoms with van der Waals surface area (Å²) in [6, 6.07) is 9.40. The highest BCUT2D eigenvalue weighted by Gasteiger charge is 2.22. The van der Waals surface area contributed by atoms with Crippen LogP contribution in [0, 0.1) is 5.92 Å². The van der Waals surface area contributed by atoms with Crippen molar-refractivity contribution in [3.63, 3.8) is 0 Å². The van der Waals surface area contributed by atoms with Gasteiger partial charge < -0.3 is 4.74 Å². The number of thiol groups is 1. The summed E-state index contributed by atoms with van der Waals surface area (Å²) in [5.41, 5.74) is 0.953. The van der Waals surface area contributed by atoms with Gasteiger partial charge in [0.25, 0.3) is 21.1 Å². The van der Waals surface area contributed by atoms with Crippen LogP contribution in [0.1, 0.15) is 12.5 Å². The number of rotatable bonds is 10. The molecule has 0 fully saturated rings. The Balaban J connectivity index is 2.56. The van der Waals surface area contributed by atoms with Crippen molar-refractivity contribution in [2.24, 2.45) is 5.92 Å². The molecule has 0 aliphatic carbocycles. The zero-order valence-electron chi connectivity index (χ0n) is 12.4. The third kappa shape index (κ3) is 8.44. The van der Waals surface area contributed by atoms with Crippen molar-refractivity contribution < 1.29 is 29.9 Å². The summed E-state index contributed by atoms with van der Waals surface area (Å²) in [5.74, 6) is -0.536. The van der Waals surface area contributed by atoms with Gasteiger partial charge in [-0.05, 0) is 12.5 Å². The molecule has 0 aliphatic heterocycles. The van der Waals surface area contributed by atoms with E-state index in [0.717, 1.165) is 11.8 Å². The Labute approximate surface area is 132 Å². The zero-order chi connectivity index (χ0) is 16.6. The second-order valence-electron chi connectivity index (χ2n) is 4.78. The van der Waals surface area contributed by atoms with E-state index in [0.29, 0.717) is 6.61 Å². The summed E-state index contributed by atoms with van der Waals surface area (Å²) in [6.07, 6.45) is 0.174. The minimum Gasteiger partial charge on any atom is -0.376 e. The van der Waals surface area contributed by atoms with E-state index in [1.54, 1.807) is 0 Å². The normalized spacial score (nSPS) is 14.9. The number of benzene rings is 1. The summed E-state index contributed by atoms with van der Waals surface area (Å²) in [6.45, 7) is 1.74. The molecule has 0 N–H and O–H groups in total. The lowest BCUT2D eigenvalue weighted by molar-refractivity contribution is 0.0228. The fourth-order valence-electron chi connectivity index (χ4n) is 1.65. The highest BCUT2D eigenvalue weighted by atomic mass is 32.2. The molecule has 0 bridgehead atoms. The van der Waals surface area contributed by atoms with E-state index in [9.17, 15) is 16.8 Å². The van der Waals surface area contributed by atoms with Gasteiger partial charge in [0.1, 0.15) is 0 Å². The van der Waals surface area contributed by atoms with Crippen LogP contribution in [0.2, 0.25) is 0 Å². The smallest absolute Gasteiger partial charge is 0.264 e. The van der Waals surface area contributed by atoms with E-state index in [4.69, 9.17) is 8.92 Å². The van der Waals surface area contributed by atoms with Crippen LogP contribution in [0.3, 0.4) is 0 Å². The Bertz CT molecular complexity index is 603. The first-order valence-corrected chi connectivity index (χ1v) is 9.46. The van der Waals surface area contributed by atoms with Crippen molar-refractivity contribution >= 4 is 21.1 Å². The van der Waals surface area contributed by atoms with Gasteiger partial charge in [-0.2, -0.15) is 8.42 Å². The second kappa shape index (κ2) is 9.21. The van der Waals surface area contributed by atoms with Gasteiger partial charge in [-0.1, -0.05) is 30.3 Å². The van der Waals surface area contributed by atoms with Crippen LogP contribution in [0.25, 0.3) is 0 Å². The summed E-state index contributed by atoms with van der Waals surface area (Å²) < 4.78 is 58.2. The maximum absolute atomic E-state index is 11.1. The minimum absolute atomic E-state index is 0.106. The minimum atomic E-state index is -3.62. The van der Waals surface area contributed by atoms with Crippen molar-refractivity contribution in [2.45, 2.75) is 19.6 Å². The maximum Gasteiger partial charge on any atom is 0.264 e. The maximum atomic E-state index is 11.1. The number of hydrogen-bond donors (Lipinski definition) is 1. The molecule has 9 heteroatoms. The molecule has 2 unspecified atom stereocenters. The molecule has 0 radical (unpaired) electrons. The standard InChI is InChI=1S/C13H20O7S2/c1-11(20-21(14)15)13(10-19-22(2,16)17)9-18-8-12-6-4-3-5-7-12/h3-7,11,13,21H,8-10H2,1-2H3. The van der Waals surface area contributed by atoms with Crippen LogP contribution in [-0.2, 0) is 40.8 Å². The molecule has 0 spiro atoms. The predicted octanol–water partition coefficient (Wildman–Crippen LogP) is 0.727. The Morgan fingerprint density at radius 3 is 2.32 bits per heavy atom. The van der Waals surface area contributed by atoms with Crippen molar-refractivity contribution in [1.82, 2.24) is 0 Å². The van der Waals surface area contributed by atoms with E-state index < -0.39 is 33.1 Å². The van der Waals surface area contributed by atoms with Crippen molar-refractivity contribution in [1.29, 1.82) is 0 Å². The van der Waals surface area contributed by atoms with Gasteiger partial charge in [0, 0.05) is 5.92 Å². The Kier molecular flexibility index (Phi) is 7.97. The first-order chi connectivity index (χ1) is 10.3. The van der Waals surface area contributed by atoms with Gasteiger partial charge in [-0.15, -0.1) is 0 Å². The Morgan fingerprint density at radius 2 is 1.77 bits per heavy atom. The van der Waals surface area contributed by atoms with E-state index in [2.05, 4.69) is 4.18 Å². The van der Waals surface area contributed by atoms with Crippen molar-refractivity contribution in [3.8, 4) is 0 Å². The molecule has 0 aliphatic rings. The molecule has 2 atom stereocenters. The summed E-state index contributed by atoms with van der Waals surface area (Å²) in [4.78, 5) is 0. The highest BCUT2D eigenvalue weighted by molar-refractivity contribution is 7.85. The number of ether oxygens (including phenoxy) is 1. The van der Waals surface area contributed by atoms with Crippen LogP contribution in [0.5, 0.6) is 0 Å². The largest absolute Gasteiger partial charge is 0.376 e. The Morgan fingerprint density at radius 1 is 1.14 bits per heavy atom. The van der Waals surface area contributed by atoms with Crippen LogP contribution >= 0.6 is 0 Å². The lowest BCUT2D eigenvalue weighted by Gasteiger charge is -2.21. The van der Waals surface area contributed by atoms with E-state index in [1.165, 1.54) is 6.92 Å². The average molecular weight is 352 g/mol. The fraction of sp³-hybridized carbons (Fsp3) is 0.538. The van der Waals surface area contributed by atoms with Gasteiger partial charge in [-0.3, -0.25) is 8.37 Å². The first kappa shape index (κ1) is 19.0. The molecule has 0 saturated carbocycles. The van der Waals surface area contributed by atoms with Crippen LogP contribution in [-0.4, -0.2) is 42.4 Å². The highest BCUT2D eigenvalue weighted by Crippen LogP contribution is 2.12. The fourth-order valence-corrected chi connectivity index (χ4v) is 2.52. The molecule has 126 valence electrons. The topological polar surface area (TPSA) is 96.0 Å². The lowest BCUT2D eigenvalue weighted by Crippen LogP contribution is -2.30. The molecular formula is C13H20O7S2. The molecule has 0 saturated heterocycles. The third-order valence-electron chi connectivity index (χ3n) is 2.86. The summed E-state index contributed by atoms with van der Waals surface area (Å²) in [7, 11) is -6.65. The predicted molar refractivity (Wildman–Crippen MR) is 81.2 cm³/mol. The molecule has 1 rings (SSSR count). The molecule has 0 heterocycles. The van der Waals surface area contributed by atoms with Gasteiger partial charge in [-0.25, -0.2) is 8.42 Å². The summed E-state index contributed by atoms with van der Waals surface area (Å²) in [5, 5.41) is 0. The van der Waals surface area contributed by atoms with Gasteiger partial charge in [0.05, 0.1) is 32.2 Å². The molecule has 0 aromatic heterocycles. The lowest BCUT2D eigenvalue weighted by atomic mass is 10.1. The van der Waals surface area contributed by atoms with Crippen LogP contribution in [0.4, 0.5) is 0 Å². The SMILES string of the molecule is CC(O[SH](=O)=O)C(COCc1ccccc1)COS(C)(=O)=O. The van der Waals surface area contributed by atoms with Gasteiger partial charge in [0.15, 0.2) is 0 Å². The Hall–Kier alpha value is -1.00. The van der Waals surface area contributed by atoms with Crippen LogP contribution in [0.15, 0.2) is 30.3 Å². The average Bonchev–Trinajstić information content (AvgIpc) is 2.41. The third-order valence-corrected chi connectivity index (χ3v) is 3.92. The second-order valence-corrected chi connectivity index (χ2v) is 7.09. The molecule has 1 aromatic rings.